The van der Waals surface area contributed by atoms with Crippen LogP contribution in [0.3, 0.4) is 0 Å². The number of rotatable bonds is 7. The van der Waals surface area contributed by atoms with Crippen molar-refractivity contribution in [3.63, 3.8) is 0 Å². The molecule has 1 aliphatic heterocycles. The first-order valence-corrected chi connectivity index (χ1v) is 10.4. The maximum atomic E-state index is 12.3. The number of carbonyl (C=O) groups excluding carboxylic acids is 1. The van der Waals surface area contributed by atoms with Crippen LogP contribution in [0.4, 0.5) is 4.79 Å². The zero-order chi connectivity index (χ0) is 20.1. The van der Waals surface area contributed by atoms with Gasteiger partial charge in [0.15, 0.2) is 0 Å². The molecule has 0 spiro atoms. The summed E-state index contributed by atoms with van der Waals surface area (Å²) in [5.74, 6) is 0.713. The largest absolute Gasteiger partial charge is 0.415 e. The summed E-state index contributed by atoms with van der Waals surface area (Å²) in [6.45, 7) is 9.15. The third kappa shape index (κ3) is 4.30. The van der Waals surface area contributed by atoms with Crippen molar-refractivity contribution >= 4 is 12.2 Å². The second-order valence-corrected chi connectivity index (χ2v) is 8.01. The van der Waals surface area contributed by atoms with Gasteiger partial charge in [-0.2, -0.15) is 0 Å². The van der Waals surface area contributed by atoms with Gasteiger partial charge >= 0.3 is 6.09 Å². The molecule has 1 aliphatic rings. The molecule has 0 aromatic heterocycles. The maximum Gasteiger partial charge on any atom is 0.415 e. The molecular formula is C25H31NO2. The number of hydrogen-bond acceptors (Lipinski definition) is 2. The fourth-order valence-electron chi connectivity index (χ4n) is 3.60. The highest BCUT2D eigenvalue weighted by Gasteiger charge is 2.44. The number of benzene rings is 2. The third-order valence-electron chi connectivity index (χ3n) is 5.47. The molecule has 3 heteroatoms. The van der Waals surface area contributed by atoms with Gasteiger partial charge in [-0.15, -0.1) is 0 Å². The lowest BCUT2D eigenvalue weighted by Crippen LogP contribution is -2.41. The van der Waals surface area contributed by atoms with Gasteiger partial charge in [0.1, 0.15) is 5.76 Å². The number of nitrogens with zero attached hydrogens (tertiary/aromatic N) is 1. The predicted octanol–water partition coefficient (Wildman–Crippen LogP) is 6.68. The molecule has 0 saturated carbocycles. The van der Waals surface area contributed by atoms with Gasteiger partial charge in [0.2, 0.25) is 0 Å². The Labute approximate surface area is 169 Å². The van der Waals surface area contributed by atoms with Crippen molar-refractivity contribution in [3.05, 3.63) is 65.4 Å². The minimum absolute atomic E-state index is 0.242. The zero-order valence-corrected chi connectivity index (χ0v) is 17.5. The Morgan fingerprint density at radius 1 is 0.929 bits per heavy atom. The smallest absolute Gasteiger partial charge is 0.412 e. The molecule has 3 rings (SSSR count). The average Bonchev–Trinajstić information content (AvgIpc) is 2.90. The molecule has 0 N–H and O–H groups in total. The average molecular weight is 378 g/mol. The second-order valence-electron chi connectivity index (χ2n) is 8.01. The number of aryl methyl sites for hydroxylation is 1. The SMILES string of the molecule is CCCCN1C(=O)O/C(=C\c2ccc(-c3ccc(CCC)cc3)cc2)C1(C)C. The van der Waals surface area contributed by atoms with E-state index in [4.69, 9.17) is 4.74 Å². The van der Waals surface area contributed by atoms with E-state index < -0.39 is 5.54 Å². The number of hydrogen-bond donors (Lipinski definition) is 0. The summed E-state index contributed by atoms with van der Waals surface area (Å²) in [6, 6.07) is 17.2. The van der Waals surface area contributed by atoms with Crippen LogP contribution in [0, 0.1) is 0 Å². The molecule has 1 saturated heterocycles. The van der Waals surface area contributed by atoms with Crippen molar-refractivity contribution in [1.29, 1.82) is 0 Å². The molecule has 0 aliphatic carbocycles. The van der Waals surface area contributed by atoms with E-state index in [1.165, 1.54) is 23.1 Å². The lowest BCUT2D eigenvalue weighted by molar-refractivity contribution is 0.156. The van der Waals surface area contributed by atoms with Crippen molar-refractivity contribution in [2.24, 2.45) is 0 Å². The summed E-state index contributed by atoms with van der Waals surface area (Å²) < 4.78 is 5.59. The van der Waals surface area contributed by atoms with Gasteiger partial charge in [0.25, 0.3) is 0 Å². The Hall–Kier alpha value is -2.55. The molecule has 2 aromatic carbocycles. The molecule has 148 valence electrons. The molecule has 0 atom stereocenters. The second kappa shape index (κ2) is 8.64. The summed E-state index contributed by atoms with van der Waals surface area (Å²) in [6.07, 6.45) is 6.07. The molecule has 1 fully saturated rings. The van der Waals surface area contributed by atoms with E-state index in [0.717, 1.165) is 31.4 Å². The first-order chi connectivity index (χ1) is 13.5. The van der Waals surface area contributed by atoms with Gasteiger partial charge in [0.05, 0.1) is 5.54 Å². The van der Waals surface area contributed by atoms with Crippen molar-refractivity contribution < 1.29 is 9.53 Å². The van der Waals surface area contributed by atoms with Crippen molar-refractivity contribution in [3.8, 4) is 11.1 Å². The molecule has 0 radical (unpaired) electrons. The Balaban J connectivity index is 1.77. The fourth-order valence-corrected chi connectivity index (χ4v) is 3.60. The highest BCUT2D eigenvalue weighted by molar-refractivity contribution is 5.77. The van der Waals surface area contributed by atoms with E-state index in [1.54, 1.807) is 0 Å². The summed E-state index contributed by atoms with van der Waals surface area (Å²) in [5, 5.41) is 0. The molecule has 1 amide bonds. The quantitative estimate of drug-likeness (QED) is 0.539. The Bertz CT molecular complexity index is 832. The summed E-state index contributed by atoms with van der Waals surface area (Å²) >= 11 is 0. The Morgan fingerprint density at radius 3 is 2.11 bits per heavy atom. The lowest BCUT2D eigenvalue weighted by Gasteiger charge is -2.28. The lowest BCUT2D eigenvalue weighted by atomic mass is 9.97. The molecule has 28 heavy (non-hydrogen) atoms. The van der Waals surface area contributed by atoms with Gasteiger partial charge in [-0.05, 0) is 55.0 Å². The molecule has 3 nitrogen and oxygen atoms in total. The topological polar surface area (TPSA) is 29.5 Å². The van der Waals surface area contributed by atoms with Crippen molar-refractivity contribution in [2.45, 2.75) is 58.9 Å². The number of unbranched alkanes of at least 4 members (excludes halogenated alkanes) is 1. The van der Waals surface area contributed by atoms with Crippen LogP contribution < -0.4 is 0 Å². The number of ether oxygens (including phenoxy) is 1. The minimum Gasteiger partial charge on any atom is -0.412 e. The van der Waals surface area contributed by atoms with E-state index in [1.807, 2.05) is 24.8 Å². The molecule has 0 unspecified atom stereocenters. The molecule has 1 heterocycles. The number of carbonyl (C=O) groups is 1. The Kier molecular flexibility index (Phi) is 6.23. The van der Waals surface area contributed by atoms with Gasteiger partial charge in [-0.1, -0.05) is 75.2 Å². The summed E-state index contributed by atoms with van der Waals surface area (Å²) in [5.41, 5.74) is 4.42. The minimum atomic E-state index is -0.417. The van der Waals surface area contributed by atoms with E-state index >= 15 is 0 Å². The highest BCUT2D eigenvalue weighted by Crippen LogP contribution is 2.35. The van der Waals surface area contributed by atoms with Gasteiger partial charge in [-0.3, -0.25) is 4.90 Å². The van der Waals surface area contributed by atoms with Crippen LogP contribution in [0.2, 0.25) is 0 Å². The molecule has 0 bridgehead atoms. The van der Waals surface area contributed by atoms with Crippen LogP contribution in [0.5, 0.6) is 0 Å². The van der Waals surface area contributed by atoms with E-state index in [-0.39, 0.29) is 6.09 Å². The van der Waals surface area contributed by atoms with Crippen LogP contribution in [-0.2, 0) is 11.2 Å². The van der Waals surface area contributed by atoms with E-state index in [9.17, 15) is 4.79 Å². The normalized spacial score (nSPS) is 17.2. The first-order valence-electron chi connectivity index (χ1n) is 10.4. The van der Waals surface area contributed by atoms with E-state index in [0.29, 0.717) is 5.76 Å². The van der Waals surface area contributed by atoms with Crippen LogP contribution >= 0.6 is 0 Å². The number of cyclic esters (lactones) is 1. The summed E-state index contributed by atoms with van der Waals surface area (Å²) in [4.78, 5) is 14.1. The van der Waals surface area contributed by atoms with E-state index in [2.05, 4.69) is 62.4 Å². The standard InChI is InChI=1S/C25H31NO2/c1-5-7-17-26-24(27)28-23(25(26,3)4)18-20-11-15-22(16-12-20)21-13-9-19(8-6-2)10-14-21/h9-16,18H,5-8,17H2,1-4H3/b23-18-. The molecule has 2 aromatic rings. The summed E-state index contributed by atoms with van der Waals surface area (Å²) in [7, 11) is 0. The van der Waals surface area contributed by atoms with Gasteiger partial charge < -0.3 is 4.74 Å². The maximum absolute atomic E-state index is 12.3. The fraction of sp³-hybridized carbons (Fsp3) is 0.400. The Morgan fingerprint density at radius 2 is 1.54 bits per heavy atom. The predicted molar refractivity (Wildman–Crippen MR) is 116 cm³/mol. The van der Waals surface area contributed by atoms with Crippen LogP contribution in [0.25, 0.3) is 17.2 Å². The zero-order valence-electron chi connectivity index (χ0n) is 17.5. The van der Waals surface area contributed by atoms with Crippen molar-refractivity contribution in [1.82, 2.24) is 4.90 Å². The van der Waals surface area contributed by atoms with Crippen molar-refractivity contribution in [2.75, 3.05) is 6.54 Å². The van der Waals surface area contributed by atoms with Crippen LogP contribution in [-0.4, -0.2) is 23.1 Å². The monoisotopic (exact) mass is 377 g/mol. The van der Waals surface area contributed by atoms with Gasteiger partial charge in [-0.25, -0.2) is 4.79 Å². The highest BCUT2D eigenvalue weighted by atomic mass is 16.6. The van der Waals surface area contributed by atoms with Gasteiger partial charge in [0, 0.05) is 6.54 Å². The first kappa shape index (κ1) is 20.2. The number of amides is 1. The molecular weight excluding hydrogens is 346 g/mol. The van der Waals surface area contributed by atoms with Crippen LogP contribution in [0.1, 0.15) is 58.1 Å². The van der Waals surface area contributed by atoms with Crippen LogP contribution in [0.15, 0.2) is 54.3 Å². The third-order valence-corrected chi connectivity index (χ3v) is 5.47.